The summed E-state index contributed by atoms with van der Waals surface area (Å²) in [5.41, 5.74) is 1.71. The number of nitrogens with zero attached hydrogens (tertiary/aromatic N) is 1. The van der Waals surface area contributed by atoms with E-state index in [1.807, 2.05) is 81.1 Å². The van der Waals surface area contributed by atoms with Crippen molar-refractivity contribution in [1.29, 1.82) is 0 Å². The van der Waals surface area contributed by atoms with Gasteiger partial charge in [0.2, 0.25) is 11.8 Å². The van der Waals surface area contributed by atoms with Gasteiger partial charge in [-0.05, 0) is 88.3 Å². The van der Waals surface area contributed by atoms with Crippen LogP contribution in [0.15, 0.2) is 48.5 Å². The molecule has 8 nitrogen and oxygen atoms in total. The average molecular weight is 553 g/mol. The Hall–Kier alpha value is -3.55. The second-order valence-corrected chi connectivity index (χ2v) is 11.3. The summed E-state index contributed by atoms with van der Waals surface area (Å²) in [6, 6.07) is 14.6. The lowest BCUT2D eigenvalue weighted by atomic mass is 9.92. The molecule has 3 rings (SSSR count). The molecule has 1 heterocycles. The highest BCUT2D eigenvalue weighted by atomic mass is 16.5. The van der Waals surface area contributed by atoms with Crippen molar-refractivity contribution in [2.24, 2.45) is 5.92 Å². The van der Waals surface area contributed by atoms with Crippen LogP contribution in [-0.2, 0) is 32.0 Å². The van der Waals surface area contributed by atoms with Gasteiger partial charge in [-0.25, -0.2) is 4.79 Å². The summed E-state index contributed by atoms with van der Waals surface area (Å²) in [6.45, 7) is 9.81. The molecule has 1 saturated heterocycles. The van der Waals surface area contributed by atoms with E-state index < -0.39 is 12.0 Å². The van der Waals surface area contributed by atoms with Gasteiger partial charge in [0, 0.05) is 32.4 Å². The van der Waals surface area contributed by atoms with Crippen LogP contribution in [0.3, 0.4) is 0 Å². The van der Waals surface area contributed by atoms with E-state index in [0.29, 0.717) is 45.4 Å². The monoisotopic (exact) mass is 552 g/mol. The van der Waals surface area contributed by atoms with E-state index in [-0.39, 0.29) is 23.3 Å². The van der Waals surface area contributed by atoms with Crippen LogP contribution in [0.4, 0.5) is 0 Å². The Bertz CT molecular complexity index is 1100. The Morgan fingerprint density at radius 1 is 0.950 bits per heavy atom. The molecule has 8 heteroatoms. The minimum Gasteiger partial charge on any atom is -0.494 e. The molecule has 40 heavy (non-hydrogen) atoms. The molecule has 1 atom stereocenters. The summed E-state index contributed by atoms with van der Waals surface area (Å²) >= 11 is 0. The van der Waals surface area contributed by atoms with Gasteiger partial charge in [-0.2, -0.15) is 0 Å². The molecular formula is C32H44N2O6. The molecule has 1 fully saturated rings. The third-order valence-electron chi connectivity index (χ3n) is 6.91. The van der Waals surface area contributed by atoms with Crippen LogP contribution in [0, 0.1) is 5.92 Å². The number of methoxy groups -OCH3 is 1. The molecule has 218 valence electrons. The van der Waals surface area contributed by atoms with Crippen LogP contribution >= 0.6 is 0 Å². The van der Waals surface area contributed by atoms with Crippen molar-refractivity contribution in [1.82, 2.24) is 10.2 Å². The van der Waals surface area contributed by atoms with Gasteiger partial charge >= 0.3 is 5.97 Å². The molecule has 0 spiro atoms. The number of benzene rings is 2. The zero-order valence-electron chi connectivity index (χ0n) is 24.5. The first-order valence-corrected chi connectivity index (χ1v) is 14.2. The van der Waals surface area contributed by atoms with Gasteiger partial charge in [0.15, 0.2) is 0 Å². The number of ether oxygens (including phenoxy) is 3. The number of carbonyl (C=O) groups excluding carboxylic acids is 3. The van der Waals surface area contributed by atoms with Crippen LogP contribution in [-0.4, -0.2) is 61.1 Å². The Morgan fingerprint density at radius 3 is 2.12 bits per heavy atom. The van der Waals surface area contributed by atoms with Gasteiger partial charge in [0.1, 0.15) is 23.1 Å². The number of likely N-dealkylation sites (tertiary alicyclic amines) is 1. The molecule has 2 aromatic rings. The minimum atomic E-state index is -0.767. The van der Waals surface area contributed by atoms with E-state index in [1.54, 1.807) is 0 Å². The van der Waals surface area contributed by atoms with Crippen molar-refractivity contribution in [3.8, 4) is 11.5 Å². The normalized spacial score (nSPS) is 14.8. The van der Waals surface area contributed by atoms with Crippen LogP contribution in [0.5, 0.6) is 11.5 Å². The van der Waals surface area contributed by atoms with Gasteiger partial charge < -0.3 is 24.4 Å². The fourth-order valence-electron chi connectivity index (χ4n) is 4.85. The van der Waals surface area contributed by atoms with Crippen molar-refractivity contribution in [3.05, 3.63) is 59.7 Å². The topological polar surface area (TPSA) is 94.2 Å². The molecule has 2 amide bonds. The summed E-state index contributed by atoms with van der Waals surface area (Å²) in [6.07, 6.45) is 3.33. The SMILES string of the molecule is CCOc1ccc(CCC(=O)N2CCC(CC(=O)N[C@@H](Cc3ccc(OC(C)(C)C)cc3)C(=O)OC)CC2)cc1. The standard InChI is InChI=1S/C32H44N2O6/c1-6-39-26-12-7-23(8-13-26)11-16-30(36)34-19-17-25(18-20-34)22-29(35)33-28(31(37)38-5)21-24-9-14-27(15-10-24)40-32(2,3)4/h7-10,12-15,25,28H,6,11,16-22H2,1-5H3,(H,33,35)/t28-/m0/s1. The number of amides is 2. The molecule has 1 aliphatic heterocycles. The number of piperidine rings is 1. The number of esters is 1. The zero-order chi connectivity index (χ0) is 29.1. The summed E-state index contributed by atoms with van der Waals surface area (Å²) in [5.74, 6) is 1.24. The third kappa shape index (κ3) is 10.2. The second-order valence-electron chi connectivity index (χ2n) is 11.3. The highest BCUT2D eigenvalue weighted by Gasteiger charge is 2.27. The first-order chi connectivity index (χ1) is 19.1. The van der Waals surface area contributed by atoms with Crippen LogP contribution in [0.1, 0.15) is 64.5 Å². The van der Waals surface area contributed by atoms with Crippen molar-refractivity contribution in [2.45, 2.75) is 77.9 Å². The van der Waals surface area contributed by atoms with E-state index in [2.05, 4.69) is 5.32 Å². The highest BCUT2D eigenvalue weighted by Crippen LogP contribution is 2.23. The number of hydrogen-bond donors (Lipinski definition) is 1. The number of hydrogen-bond acceptors (Lipinski definition) is 6. The molecule has 0 radical (unpaired) electrons. The minimum absolute atomic E-state index is 0.140. The molecule has 0 unspecified atom stereocenters. The predicted molar refractivity (Wildman–Crippen MR) is 154 cm³/mol. The van der Waals surface area contributed by atoms with E-state index >= 15 is 0 Å². The van der Waals surface area contributed by atoms with Crippen molar-refractivity contribution >= 4 is 17.8 Å². The smallest absolute Gasteiger partial charge is 0.328 e. The van der Waals surface area contributed by atoms with Crippen LogP contribution in [0.25, 0.3) is 0 Å². The fourth-order valence-corrected chi connectivity index (χ4v) is 4.85. The van der Waals surface area contributed by atoms with Crippen molar-refractivity contribution in [2.75, 3.05) is 26.8 Å². The maximum atomic E-state index is 12.9. The van der Waals surface area contributed by atoms with E-state index in [0.717, 1.165) is 35.5 Å². The lowest BCUT2D eigenvalue weighted by Gasteiger charge is -2.32. The molecule has 0 aromatic heterocycles. The first kappa shape index (κ1) is 31.0. The molecule has 1 aliphatic rings. The quantitative estimate of drug-likeness (QED) is 0.383. The molecule has 1 N–H and O–H groups in total. The number of rotatable bonds is 12. The molecule has 0 saturated carbocycles. The number of aryl methyl sites for hydroxylation is 1. The molecule has 2 aromatic carbocycles. The Morgan fingerprint density at radius 2 is 1.55 bits per heavy atom. The Labute approximate surface area is 238 Å². The van der Waals surface area contributed by atoms with Crippen molar-refractivity contribution < 1.29 is 28.6 Å². The van der Waals surface area contributed by atoms with Crippen LogP contribution in [0.2, 0.25) is 0 Å². The summed E-state index contributed by atoms with van der Waals surface area (Å²) in [7, 11) is 1.32. The maximum Gasteiger partial charge on any atom is 0.328 e. The molecule has 0 bridgehead atoms. The highest BCUT2D eigenvalue weighted by molar-refractivity contribution is 5.84. The number of carbonyl (C=O) groups is 3. The largest absolute Gasteiger partial charge is 0.494 e. The van der Waals surface area contributed by atoms with Gasteiger partial charge in [-0.15, -0.1) is 0 Å². The van der Waals surface area contributed by atoms with Crippen molar-refractivity contribution in [3.63, 3.8) is 0 Å². The van der Waals surface area contributed by atoms with Gasteiger partial charge in [0.25, 0.3) is 0 Å². The maximum absolute atomic E-state index is 12.9. The van der Waals surface area contributed by atoms with Gasteiger partial charge in [-0.1, -0.05) is 24.3 Å². The van der Waals surface area contributed by atoms with E-state index in [1.165, 1.54) is 7.11 Å². The molecular weight excluding hydrogens is 508 g/mol. The lowest BCUT2D eigenvalue weighted by molar-refractivity contribution is -0.145. The summed E-state index contributed by atoms with van der Waals surface area (Å²) < 4.78 is 16.3. The van der Waals surface area contributed by atoms with E-state index in [9.17, 15) is 14.4 Å². The first-order valence-electron chi connectivity index (χ1n) is 14.2. The summed E-state index contributed by atoms with van der Waals surface area (Å²) in [5, 5.41) is 2.87. The summed E-state index contributed by atoms with van der Waals surface area (Å²) in [4.78, 5) is 39.9. The average Bonchev–Trinajstić information content (AvgIpc) is 2.92. The van der Waals surface area contributed by atoms with E-state index in [4.69, 9.17) is 14.2 Å². The third-order valence-corrected chi connectivity index (χ3v) is 6.91. The second kappa shape index (κ2) is 14.7. The fraction of sp³-hybridized carbons (Fsp3) is 0.531. The molecule has 0 aliphatic carbocycles. The Balaban J connectivity index is 1.43. The van der Waals surface area contributed by atoms with Gasteiger partial charge in [-0.3, -0.25) is 9.59 Å². The predicted octanol–water partition coefficient (Wildman–Crippen LogP) is 4.72. The zero-order valence-corrected chi connectivity index (χ0v) is 24.5. The van der Waals surface area contributed by atoms with Crippen LogP contribution < -0.4 is 14.8 Å². The van der Waals surface area contributed by atoms with Gasteiger partial charge in [0.05, 0.1) is 13.7 Å². The Kier molecular flexibility index (Phi) is 11.4. The number of nitrogens with one attached hydrogen (secondary N) is 1. The lowest BCUT2D eigenvalue weighted by Crippen LogP contribution is -2.44.